The summed E-state index contributed by atoms with van der Waals surface area (Å²) in [5.41, 5.74) is 0. The van der Waals surface area contributed by atoms with Crippen molar-refractivity contribution in [2.45, 2.75) is 19.0 Å². The lowest BCUT2D eigenvalue weighted by molar-refractivity contribution is -0.145. The van der Waals surface area contributed by atoms with Crippen LogP contribution in [0.3, 0.4) is 0 Å². The maximum atomic E-state index is 11.4. The van der Waals surface area contributed by atoms with Gasteiger partial charge in [0, 0.05) is 14.7 Å². The van der Waals surface area contributed by atoms with Crippen molar-refractivity contribution in [1.82, 2.24) is 10.6 Å². The van der Waals surface area contributed by atoms with E-state index in [1.807, 2.05) is 11.4 Å². The van der Waals surface area contributed by atoms with Gasteiger partial charge in [0.1, 0.15) is 6.04 Å². The standard InChI is InChI=1S/C10H11BrN2O5S/c11-5-1-6(19-4-5)3-12-10(18)13-7(9(16)17)2-8(14)15/h1,4,7H,2-3H2,(H,14,15)(H,16,17)(H2,12,13,18)/t7-/m0/s1. The molecular weight excluding hydrogens is 340 g/mol. The van der Waals surface area contributed by atoms with Crippen molar-refractivity contribution in [3.63, 3.8) is 0 Å². The van der Waals surface area contributed by atoms with Gasteiger partial charge in [0.25, 0.3) is 0 Å². The third-order valence-electron chi connectivity index (χ3n) is 2.03. The summed E-state index contributed by atoms with van der Waals surface area (Å²) in [5, 5.41) is 23.7. The van der Waals surface area contributed by atoms with Crippen LogP contribution in [0.2, 0.25) is 0 Å². The third-order valence-corrected chi connectivity index (χ3v) is 3.72. The fraction of sp³-hybridized carbons (Fsp3) is 0.300. The van der Waals surface area contributed by atoms with Crippen LogP contribution in [0.1, 0.15) is 11.3 Å². The molecule has 0 aromatic carbocycles. The molecule has 4 N–H and O–H groups in total. The van der Waals surface area contributed by atoms with E-state index >= 15 is 0 Å². The molecule has 0 aliphatic heterocycles. The van der Waals surface area contributed by atoms with Crippen molar-refractivity contribution in [2.24, 2.45) is 0 Å². The summed E-state index contributed by atoms with van der Waals surface area (Å²) in [5.74, 6) is -2.69. The van der Waals surface area contributed by atoms with Gasteiger partial charge in [-0.1, -0.05) is 0 Å². The Labute approximate surface area is 120 Å². The molecular formula is C10H11BrN2O5S. The molecule has 1 aromatic rings. The topological polar surface area (TPSA) is 116 Å². The molecule has 0 radical (unpaired) electrons. The molecule has 0 saturated heterocycles. The molecule has 19 heavy (non-hydrogen) atoms. The first-order valence-electron chi connectivity index (χ1n) is 5.10. The minimum absolute atomic E-state index is 0.238. The number of amides is 2. The molecule has 0 fully saturated rings. The van der Waals surface area contributed by atoms with Gasteiger partial charge >= 0.3 is 18.0 Å². The van der Waals surface area contributed by atoms with E-state index in [4.69, 9.17) is 10.2 Å². The number of carboxylic acid groups (broad SMARTS) is 2. The summed E-state index contributed by atoms with van der Waals surface area (Å²) >= 11 is 4.69. The predicted molar refractivity (Wildman–Crippen MR) is 71.1 cm³/mol. The summed E-state index contributed by atoms with van der Waals surface area (Å²) in [4.78, 5) is 33.5. The van der Waals surface area contributed by atoms with Gasteiger partial charge in [-0.3, -0.25) is 4.79 Å². The second-order valence-corrected chi connectivity index (χ2v) is 5.46. The Kier molecular flexibility index (Phi) is 5.77. The number of nitrogens with one attached hydrogen (secondary N) is 2. The van der Waals surface area contributed by atoms with Crippen LogP contribution in [0.5, 0.6) is 0 Å². The Morgan fingerprint density at radius 2 is 2.05 bits per heavy atom. The first-order valence-corrected chi connectivity index (χ1v) is 6.77. The average Bonchev–Trinajstić information content (AvgIpc) is 2.71. The number of carbonyl (C=O) groups is 3. The fourth-order valence-corrected chi connectivity index (χ4v) is 2.59. The van der Waals surface area contributed by atoms with Gasteiger partial charge in [-0.25, -0.2) is 9.59 Å². The van der Waals surface area contributed by atoms with Crippen LogP contribution in [-0.2, 0) is 16.1 Å². The van der Waals surface area contributed by atoms with E-state index in [2.05, 4.69) is 26.6 Å². The molecule has 0 aliphatic rings. The molecule has 104 valence electrons. The Morgan fingerprint density at radius 1 is 1.37 bits per heavy atom. The monoisotopic (exact) mass is 350 g/mol. The van der Waals surface area contributed by atoms with E-state index in [1.54, 1.807) is 0 Å². The van der Waals surface area contributed by atoms with E-state index in [-0.39, 0.29) is 6.54 Å². The molecule has 0 aliphatic carbocycles. The number of carboxylic acids is 2. The van der Waals surface area contributed by atoms with Gasteiger partial charge in [-0.2, -0.15) is 0 Å². The highest BCUT2D eigenvalue weighted by Crippen LogP contribution is 2.19. The zero-order valence-electron chi connectivity index (χ0n) is 9.55. The van der Waals surface area contributed by atoms with Crippen LogP contribution < -0.4 is 10.6 Å². The van der Waals surface area contributed by atoms with Gasteiger partial charge in [0.05, 0.1) is 13.0 Å². The molecule has 0 unspecified atom stereocenters. The van der Waals surface area contributed by atoms with Crippen LogP contribution in [0.15, 0.2) is 15.9 Å². The first-order chi connectivity index (χ1) is 8.88. The molecule has 7 nitrogen and oxygen atoms in total. The molecule has 1 aromatic heterocycles. The molecule has 9 heteroatoms. The van der Waals surface area contributed by atoms with Crippen LogP contribution in [0.4, 0.5) is 4.79 Å². The summed E-state index contributed by atoms with van der Waals surface area (Å²) in [6.07, 6.45) is -0.673. The average molecular weight is 351 g/mol. The normalized spacial score (nSPS) is 11.6. The van der Waals surface area contributed by atoms with Gasteiger partial charge in [-0.15, -0.1) is 11.3 Å². The Hall–Kier alpha value is -1.61. The quantitative estimate of drug-likeness (QED) is 0.615. The van der Waals surface area contributed by atoms with Crippen LogP contribution in [0.25, 0.3) is 0 Å². The SMILES string of the molecule is O=C(O)C[C@H](NC(=O)NCc1cc(Br)cs1)C(=O)O. The first kappa shape index (κ1) is 15.4. The highest BCUT2D eigenvalue weighted by atomic mass is 79.9. The maximum absolute atomic E-state index is 11.4. The second kappa shape index (κ2) is 7.10. The number of halogens is 1. The third kappa shape index (κ3) is 5.71. The van der Waals surface area contributed by atoms with E-state index in [0.717, 1.165) is 9.35 Å². The lowest BCUT2D eigenvalue weighted by Crippen LogP contribution is -2.46. The van der Waals surface area contributed by atoms with Crippen LogP contribution >= 0.6 is 27.3 Å². The molecule has 0 saturated carbocycles. The lowest BCUT2D eigenvalue weighted by atomic mass is 10.2. The largest absolute Gasteiger partial charge is 0.481 e. The minimum atomic E-state index is -1.45. The Balaban J connectivity index is 2.44. The Morgan fingerprint density at radius 3 is 2.53 bits per heavy atom. The van der Waals surface area contributed by atoms with Crippen LogP contribution in [-0.4, -0.2) is 34.2 Å². The number of hydrogen-bond acceptors (Lipinski definition) is 4. The van der Waals surface area contributed by atoms with E-state index in [9.17, 15) is 14.4 Å². The molecule has 0 spiro atoms. The van der Waals surface area contributed by atoms with Crippen molar-refractivity contribution in [3.05, 3.63) is 20.8 Å². The second-order valence-electron chi connectivity index (χ2n) is 3.55. The van der Waals surface area contributed by atoms with Crippen LogP contribution in [0, 0.1) is 0 Å². The van der Waals surface area contributed by atoms with Gasteiger partial charge < -0.3 is 20.8 Å². The number of hydrogen-bond donors (Lipinski definition) is 4. The molecule has 1 atom stereocenters. The van der Waals surface area contributed by atoms with Crippen molar-refractivity contribution < 1.29 is 24.6 Å². The summed E-state index contributed by atoms with van der Waals surface area (Å²) in [6.45, 7) is 0.238. The van der Waals surface area contributed by atoms with Gasteiger partial charge in [0.2, 0.25) is 0 Å². The van der Waals surface area contributed by atoms with E-state index in [0.29, 0.717) is 0 Å². The molecule has 1 heterocycles. The van der Waals surface area contributed by atoms with Crippen molar-refractivity contribution in [1.29, 1.82) is 0 Å². The smallest absolute Gasteiger partial charge is 0.326 e. The molecule has 1 rings (SSSR count). The van der Waals surface area contributed by atoms with Crippen molar-refractivity contribution in [2.75, 3.05) is 0 Å². The Bertz CT molecular complexity index is 490. The van der Waals surface area contributed by atoms with E-state index < -0.39 is 30.4 Å². The highest BCUT2D eigenvalue weighted by molar-refractivity contribution is 9.10. The zero-order valence-corrected chi connectivity index (χ0v) is 12.0. The van der Waals surface area contributed by atoms with Gasteiger partial charge in [0.15, 0.2) is 0 Å². The van der Waals surface area contributed by atoms with Gasteiger partial charge in [-0.05, 0) is 22.0 Å². The lowest BCUT2D eigenvalue weighted by Gasteiger charge is -2.12. The number of aliphatic carboxylic acids is 2. The molecule has 0 bridgehead atoms. The number of rotatable bonds is 6. The minimum Gasteiger partial charge on any atom is -0.481 e. The maximum Gasteiger partial charge on any atom is 0.326 e. The van der Waals surface area contributed by atoms with Crippen molar-refractivity contribution in [3.8, 4) is 0 Å². The summed E-state index contributed by atoms with van der Waals surface area (Å²) in [7, 11) is 0. The molecule has 2 amide bonds. The highest BCUT2D eigenvalue weighted by Gasteiger charge is 2.22. The summed E-state index contributed by atoms with van der Waals surface area (Å²) in [6, 6.07) is -0.359. The zero-order chi connectivity index (χ0) is 14.4. The predicted octanol–water partition coefficient (Wildman–Crippen LogP) is 1.24. The van der Waals surface area contributed by atoms with E-state index in [1.165, 1.54) is 11.3 Å². The van der Waals surface area contributed by atoms with Crippen molar-refractivity contribution >= 4 is 45.2 Å². The number of carbonyl (C=O) groups excluding carboxylic acids is 1. The number of thiophene rings is 1. The number of urea groups is 1. The fourth-order valence-electron chi connectivity index (χ4n) is 1.20. The summed E-state index contributed by atoms with van der Waals surface area (Å²) < 4.78 is 0.893.